The highest BCUT2D eigenvalue weighted by molar-refractivity contribution is 7.89. The number of nitro groups is 1. The molecule has 0 radical (unpaired) electrons. The van der Waals surface area contributed by atoms with E-state index in [1.54, 1.807) is 18.2 Å². The second-order valence-electron chi connectivity index (χ2n) is 6.25. The molecule has 0 fully saturated rings. The van der Waals surface area contributed by atoms with Gasteiger partial charge in [0, 0.05) is 12.1 Å². The first kappa shape index (κ1) is 23.0. The van der Waals surface area contributed by atoms with Crippen molar-refractivity contribution in [2.45, 2.75) is 31.3 Å². The summed E-state index contributed by atoms with van der Waals surface area (Å²) in [5.41, 5.74) is 3.42. The van der Waals surface area contributed by atoms with E-state index in [1.807, 2.05) is 25.1 Å². The Hall–Kier alpha value is -3.26. The zero-order valence-corrected chi connectivity index (χ0v) is 17.2. The lowest BCUT2D eigenvalue weighted by Gasteiger charge is -2.09. The van der Waals surface area contributed by atoms with Crippen LogP contribution in [0.15, 0.2) is 76.9 Å². The van der Waals surface area contributed by atoms with Crippen LogP contribution in [-0.4, -0.2) is 25.9 Å². The Morgan fingerprint density at radius 2 is 1.83 bits per heavy atom. The maximum absolute atomic E-state index is 12.5. The van der Waals surface area contributed by atoms with Crippen LogP contribution in [0.3, 0.4) is 0 Å². The molecule has 30 heavy (non-hydrogen) atoms. The van der Waals surface area contributed by atoms with Crippen molar-refractivity contribution in [3.8, 4) is 0 Å². The predicted octanol–water partition coefficient (Wildman–Crippen LogP) is 3.50. The minimum atomic E-state index is -3.98. The first-order chi connectivity index (χ1) is 14.3. The van der Waals surface area contributed by atoms with Crippen molar-refractivity contribution >= 4 is 21.7 Å². The summed E-state index contributed by atoms with van der Waals surface area (Å²) in [6.45, 7) is 1.68. The number of unbranched alkanes of at least 4 members (excludes halogenated alkanes) is 1. The number of carbonyl (C=O) groups is 1. The van der Waals surface area contributed by atoms with Crippen molar-refractivity contribution in [2.75, 3.05) is 6.54 Å². The van der Waals surface area contributed by atoms with Crippen molar-refractivity contribution in [3.05, 3.63) is 87.7 Å². The second-order valence-corrected chi connectivity index (χ2v) is 8.02. The average molecular weight is 430 g/mol. The van der Waals surface area contributed by atoms with Crippen LogP contribution in [0.4, 0.5) is 5.69 Å². The van der Waals surface area contributed by atoms with Gasteiger partial charge in [0.1, 0.15) is 6.61 Å². The number of carbonyl (C=O) groups excluding carboxylic acids is 1. The SMILES string of the molecule is CCCC=C=C(CNS(=O)(=O)c1ccc([N+](=O)[O-])cc1)C(=O)OCc1ccccc1. The molecule has 2 aromatic carbocycles. The zero-order valence-electron chi connectivity index (χ0n) is 16.4. The quantitative estimate of drug-likeness (QED) is 0.203. The van der Waals surface area contributed by atoms with Gasteiger partial charge in [0.15, 0.2) is 0 Å². The van der Waals surface area contributed by atoms with Gasteiger partial charge >= 0.3 is 5.97 Å². The van der Waals surface area contributed by atoms with Gasteiger partial charge in [-0.1, -0.05) is 43.7 Å². The number of nitro benzene ring substituents is 1. The van der Waals surface area contributed by atoms with E-state index in [-0.39, 0.29) is 29.3 Å². The Balaban J connectivity index is 2.10. The number of non-ortho nitro benzene ring substituents is 1. The number of ether oxygens (including phenoxy) is 1. The summed E-state index contributed by atoms with van der Waals surface area (Å²) < 4.78 is 32.5. The lowest BCUT2D eigenvalue weighted by atomic mass is 10.2. The van der Waals surface area contributed by atoms with Gasteiger partial charge in [0.2, 0.25) is 10.0 Å². The molecule has 0 saturated heterocycles. The van der Waals surface area contributed by atoms with Crippen LogP contribution in [0.5, 0.6) is 0 Å². The number of sulfonamides is 1. The Morgan fingerprint density at radius 3 is 2.43 bits per heavy atom. The Kier molecular flexibility index (Phi) is 8.49. The molecule has 0 saturated carbocycles. The highest BCUT2D eigenvalue weighted by atomic mass is 32.2. The van der Waals surface area contributed by atoms with Gasteiger partial charge in [-0.3, -0.25) is 10.1 Å². The van der Waals surface area contributed by atoms with E-state index in [1.165, 1.54) is 0 Å². The van der Waals surface area contributed by atoms with E-state index in [4.69, 9.17) is 4.74 Å². The van der Waals surface area contributed by atoms with Gasteiger partial charge in [-0.2, -0.15) is 0 Å². The van der Waals surface area contributed by atoms with Crippen molar-refractivity contribution in [2.24, 2.45) is 0 Å². The van der Waals surface area contributed by atoms with E-state index in [0.717, 1.165) is 36.2 Å². The summed E-state index contributed by atoms with van der Waals surface area (Å²) in [7, 11) is -3.98. The van der Waals surface area contributed by atoms with Crippen molar-refractivity contribution in [3.63, 3.8) is 0 Å². The lowest BCUT2D eigenvalue weighted by molar-refractivity contribution is -0.384. The lowest BCUT2D eigenvalue weighted by Crippen LogP contribution is -2.28. The summed E-state index contributed by atoms with van der Waals surface area (Å²) in [5.74, 6) is -0.683. The normalized spacial score (nSPS) is 10.7. The molecule has 158 valence electrons. The number of rotatable bonds is 10. The third kappa shape index (κ3) is 6.97. The second kappa shape index (κ2) is 11.1. The van der Waals surface area contributed by atoms with Gasteiger partial charge < -0.3 is 4.74 Å². The maximum Gasteiger partial charge on any atom is 0.343 e. The molecule has 0 atom stereocenters. The molecule has 0 amide bonds. The summed E-state index contributed by atoms with van der Waals surface area (Å²) in [6.07, 6.45) is 3.16. The van der Waals surface area contributed by atoms with E-state index in [0.29, 0.717) is 6.42 Å². The van der Waals surface area contributed by atoms with Crippen molar-refractivity contribution in [1.82, 2.24) is 4.72 Å². The fraction of sp³-hybridized carbons (Fsp3) is 0.238. The third-order valence-electron chi connectivity index (χ3n) is 3.97. The molecule has 2 aromatic rings. The minimum Gasteiger partial charge on any atom is -0.457 e. The van der Waals surface area contributed by atoms with E-state index in [2.05, 4.69) is 10.5 Å². The standard InChI is InChI=1S/C21H22N2O6S/c1-2-3-5-10-18(21(24)29-16-17-8-6-4-7-9-17)15-22-30(27,28)20-13-11-19(12-14-20)23(25)26/h4-9,11-14,22H,2-3,15-16H2,1H3. The fourth-order valence-corrected chi connectivity index (χ4v) is 3.32. The number of nitrogens with zero attached hydrogens (tertiary/aromatic N) is 1. The van der Waals surface area contributed by atoms with E-state index >= 15 is 0 Å². The van der Waals surface area contributed by atoms with Gasteiger partial charge in [-0.15, -0.1) is 5.73 Å². The Labute approximate surface area is 175 Å². The summed E-state index contributed by atoms with van der Waals surface area (Å²) in [4.78, 5) is 22.4. The highest BCUT2D eigenvalue weighted by Crippen LogP contribution is 2.16. The van der Waals surface area contributed by atoms with Crippen LogP contribution < -0.4 is 4.72 Å². The predicted molar refractivity (Wildman–Crippen MR) is 111 cm³/mol. The van der Waals surface area contributed by atoms with Crippen LogP contribution in [0.25, 0.3) is 0 Å². The number of nitrogens with one attached hydrogen (secondary N) is 1. The topological polar surface area (TPSA) is 116 Å². The molecule has 0 unspecified atom stereocenters. The zero-order chi connectivity index (χ0) is 22.0. The number of hydrogen-bond acceptors (Lipinski definition) is 6. The number of esters is 1. The Bertz CT molecular complexity index is 1040. The van der Waals surface area contributed by atoms with Crippen LogP contribution in [-0.2, 0) is 26.2 Å². The Morgan fingerprint density at radius 1 is 1.17 bits per heavy atom. The monoisotopic (exact) mass is 430 g/mol. The molecule has 0 aliphatic heterocycles. The summed E-state index contributed by atoms with van der Waals surface area (Å²) in [5, 5.41) is 10.7. The fourth-order valence-electron chi connectivity index (χ4n) is 2.33. The first-order valence-corrected chi connectivity index (χ1v) is 10.7. The highest BCUT2D eigenvalue weighted by Gasteiger charge is 2.19. The van der Waals surface area contributed by atoms with Crippen molar-refractivity contribution < 1.29 is 22.9 Å². The first-order valence-electron chi connectivity index (χ1n) is 9.22. The molecule has 0 bridgehead atoms. The minimum absolute atomic E-state index is 0.0323. The average Bonchev–Trinajstić information content (AvgIpc) is 2.75. The van der Waals surface area contributed by atoms with E-state index < -0.39 is 20.9 Å². The van der Waals surface area contributed by atoms with Crippen molar-refractivity contribution in [1.29, 1.82) is 0 Å². The van der Waals surface area contributed by atoms with E-state index in [9.17, 15) is 23.3 Å². The molecule has 1 N–H and O–H groups in total. The third-order valence-corrected chi connectivity index (χ3v) is 5.38. The molecule has 8 nitrogen and oxygen atoms in total. The maximum atomic E-state index is 12.5. The van der Waals surface area contributed by atoms with Gasteiger partial charge in [0.25, 0.3) is 5.69 Å². The van der Waals surface area contributed by atoms with Crippen LogP contribution >= 0.6 is 0 Å². The molecule has 0 heterocycles. The number of hydrogen-bond donors (Lipinski definition) is 1. The molecule has 0 aliphatic rings. The molecular formula is C21H22N2O6S. The summed E-state index contributed by atoms with van der Waals surface area (Å²) in [6, 6.07) is 13.5. The van der Waals surface area contributed by atoms with Gasteiger partial charge in [-0.05, 0) is 30.2 Å². The van der Waals surface area contributed by atoms with Crippen LogP contribution in [0, 0.1) is 10.1 Å². The molecule has 0 aliphatic carbocycles. The molecule has 0 aromatic heterocycles. The van der Waals surface area contributed by atoms with Gasteiger partial charge in [0.05, 0.1) is 21.9 Å². The summed E-state index contributed by atoms with van der Waals surface area (Å²) >= 11 is 0. The largest absolute Gasteiger partial charge is 0.457 e. The van der Waals surface area contributed by atoms with Crippen LogP contribution in [0.2, 0.25) is 0 Å². The molecule has 0 spiro atoms. The molecule has 2 rings (SSSR count). The van der Waals surface area contributed by atoms with Gasteiger partial charge in [-0.25, -0.2) is 17.9 Å². The van der Waals surface area contributed by atoms with Crippen LogP contribution in [0.1, 0.15) is 25.3 Å². The molecule has 9 heteroatoms. The molecular weight excluding hydrogens is 408 g/mol. The smallest absolute Gasteiger partial charge is 0.343 e. The number of benzene rings is 2.